The summed E-state index contributed by atoms with van der Waals surface area (Å²) in [6.07, 6.45) is 3.94. The molecule has 3 atom stereocenters. The molecule has 0 saturated carbocycles. The fraction of sp³-hybridized carbons (Fsp3) is 0.424. The smallest absolute Gasteiger partial charge is 0.288 e. The summed E-state index contributed by atoms with van der Waals surface area (Å²) < 4.78 is 28.7. The second-order valence-electron chi connectivity index (χ2n) is 10.3. The average Bonchev–Trinajstić information content (AvgIpc) is 3.56. The molecule has 45 heavy (non-hydrogen) atoms. The lowest BCUT2D eigenvalue weighted by molar-refractivity contribution is -0.195. The molecule has 244 valence electrons. The van der Waals surface area contributed by atoms with E-state index in [1.807, 2.05) is 51.1 Å². The molecular weight excluding hydrogens is 597 g/mol. The van der Waals surface area contributed by atoms with Gasteiger partial charge in [0.15, 0.2) is 5.76 Å². The number of ether oxygens (including phenoxy) is 1. The van der Waals surface area contributed by atoms with Crippen LogP contribution in [-0.2, 0) is 29.9 Å². The molecule has 2 aromatic carbocycles. The van der Waals surface area contributed by atoms with Gasteiger partial charge in [0.1, 0.15) is 11.5 Å². The first-order valence-electron chi connectivity index (χ1n) is 15.3. The van der Waals surface area contributed by atoms with Gasteiger partial charge in [-0.1, -0.05) is 50.6 Å². The number of nitrogens with zero attached hydrogens (tertiary/aromatic N) is 1. The minimum Gasteiger partial charge on any atom is -0.494 e. The molecule has 0 aliphatic rings. The normalized spacial score (nSPS) is 13.0. The second kappa shape index (κ2) is 18.8. The molecule has 3 rings (SSSR count). The van der Waals surface area contributed by atoms with E-state index in [1.54, 1.807) is 24.3 Å². The van der Waals surface area contributed by atoms with Gasteiger partial charge in [0.25, 0.3) is 5.91 Å². The van der Waals surface area contributed by atoms with Crippen molar-refractivity contribution in [2.24, 2.45) is 5.92 Å². The first-order valence-corrected chi connectivity index (χ1v) is 16.6. The van der Waals surface area contributed by atoms with Gasteiger partial charge >= 0.3 is 0 Å². The number of hydroxylamine groups is 2. The van der Waals surface area contributed by atoms with Crippen LogP contribution in [0.4, 0.5) is 0 Å². The van der Waals surface area contributed by atoms with Gasteiger partial charge in [0.05, 0.1) is 31.8 Å². The van der Waals surface area contributed by atoms with Crippen molar-refractivity contribution < 1.29 is 37.5 Å². The van der Waals surface area contributed by atoms with Gasteiger partial charge in [-0.2, -0.15) is 0 Å². The molecule has 0 bridgehead atoms. The third-order valence-corrected chi connectivity index (χ3v) is 8.37. The lowest BCUT2D eigenvalue weighted by Gasteiger charge is -2.32. The quantitative estimate of drug-likeness (QED) is 0.0571. The lowest BCUT2D eigenvalue weighted by Crippen LogP contribution is -2.48. The number of benzene rings is 2. The number of carbonyl (C=O) groups excluding carboxylic acids is 3. The highest BCUT2D eigenvalue weighted by molar-refractivity contribution is 7.48. The molecule has 1 heterocycles. The molecular formula is C33H44N3O8P. The van der Waals surface area contributed by atoms with Gasteiger partial charge in [-0.15, -0.1) is 0 Å². The summed E-state index contributed by atoms with van der Waals surface area (Å²) in [4.78, 5) is 44.1. The number of carbonyl (C=O) groups is 3. The number of furan rings is 1. The van der Waals surface area contributed by atoms with Crippen molar-refractivity contribution in [3.63, 3.8) is 0 Å². The first-order chi connectivity index (χ1) is 21.8. The topological polar surface area (TPSA) is 136 Å². The average molecular weight is 642 g/mol. The summed E-state index contributed by atoms with van der Waals surface area (Å²) in [6.45, 7) is 6.42. The monoisotopic (exact) mass is 641 g/mol. The highest BCUT2D eigenvalue weighted by atomic mass is 31.1. The molecule has 3 amide bonds. The Hall–Kier alpha value is -3.92. The van der Waals surface area contributed by atoms with Crippen LogP contribution in [0.15, 0.2) is 65.1 Å². The Morgan fingerprint density at radius 1 is 1.04 bits per heavy atom. The van der Waals surface area contributed by atoms with Crippen molar-refractivity contribution >= 4 is 31.6 Å². The van der Waals surface area contributed by atoms with E-state index in [2.05, 4.69) is 10.6 Å². The van der Waals surface area contributed by atoms with Gasteiger partial charge in [-0.05, 0) is 68.5 Å². The zero-order valence-corrected chi connectivity index (χ0v) is 27.4. The predicted octanol–water partition coefficient (Wildman–Crippen LogP) is 5.11. The van der Waals surface area contributed by atoms with Gasteiger partial charge in [-0.25, -0.2) is 5.06 Å². The van der Waals surface area contributed by atoms with Gasteiger partial charge in [0, 0.05) is 18.0 Å². The Morgan fingerprint density at radius 3 is 2.49 bits per heavy atom. The number of nitrogens with one attached hydrogen (secondary N) is 2. The van der Waals surface area contributed by atoms with E-state index >= 15 is 0 Å². The van der Waals surface area contributed by atoms with Crippen LogP contribution >= 0.6 is 8.03 Å². The van der Waals surface area contributed by atoms with E-state index in [4.69, 9.17) is 18.5 Å². The van der Waals surface area contributed by atoms with E-state index in [-0.39, 0.29) is 18.3 Å². The maximum Gasteiger partial charge on any atom is 0.288 e. The van der Waals surface area contributed by atoms with Crippen molar-refractivity contribution in [2.45, 2.75) is 58.9 Å². The van der Waals surface area contributed by atoms with Crippen LogP contribution in [0.2, 0.25) is 0 Å². The van der Waals surface area contributed by atoms with E-state index in [0.717, 1.165) is 18.4 Å². The van der Waals surface area contributed by atoms with Crippen LogP contribution in [0.25, 0.3) is 11.3 Å². The van der Waals surface area contributed by atoms with E-state index in [9.17, 15) is 18.9 Å². The Morgan fingerprint density at radius 2 is 1.82 bits per heavy atom. The molecule has 12 heteroatoms. The van der Waals surface area contributed by atoms with Gasteiger partial charge in [-0.3, -0.25) is 23.8 Å². The van der Waals surface area contributed by atoms with E-state index in [0.29, 0.717) is 61.3 Å². The van der Waals surface area contributed by atoms with Crippen molar-refractivity contribution in [1.29, 1.82) is 0 Å². The lowest BCUT2D eigenvalue weighted by atomic mass is 9.90. The van der Waals surface area contributed by atoms with Crippen LogP contribution in [0.1, 0.15) is 62.6 Å². The molecule has 2 N–H and O–H groups in total. The molecule has 0 saturated heterocycles. The maximum absolute atomic E-state index is 13.5. The summed E-state index contributed by atoms with van der Waals surface area (Å²) in [6, 6.07) is 17.5. The van der Waals surface area contributed by atoms with E-state index in [1.165, 1.54) is 18.2 Å². The van der Waals surface area contributed by atoms with Crippen LogP contribution in [0.5, 0.6) is 5.75 Å². The van der Waals surface area contributed by atoms with Crippen molar-refractivity contribution in [1.82, 2.24) is 15.7 Å². The molecule has 0 aliphatic heterocycles. The summed E-state index contributed by atoms with van der Waals surface area (Å²) in [5.41, 5.74) is 1.65. The second-order valence-corrected chi connectivity index (χ2v) is 11.9. The molecule has 1 aromatic heterocycles. The highest BCUT2D eigenvalue weighted by Crippen LogP contribution is 2.30. The number of aryl methyl sites for hydroxylation is 1. The third kappa shape index (κ3) is 10.6. The number of unbranched alkanes of at least 4 members (excludes halogenated alkanes) is 1. The van der Waals surface area contributed by atoms with Gasteiger partial charge < -0.3 is 24.3 Å². The maximum atomic E-state index is 13.5. The Balaban J connectivity index is 1.69. The molecule has 0 aliphatic carbocycles. The fourth-order valence-electron chi connectivity index (χ4n) is 4.90. The van der Waals surface area contributed by atoms with Crippen LogP contribution in [0.3, 0.4) is 0 Å². The zero-order valence-electron chi connectivity index (χ0n) is 26.4. The molecule has 0 fully saturated rings. The highest BCUT2D eigenvalue weighted by Gasteiger charge is 2.32. The zero-order chi connectivity index (χ0) is 32.6. The van der Waals surface area contributed by atoms with Crippen molar-refractivity contribution in [3.8, 4) is 17.1 Å². The molecule has 0 spiro atoms. The van der Waals surface area contributed by atoms with Crippen LogP contribution < -0.4 is 20.7 Å². The Labute approximate surface area is 265 Å². The fourth-order valence-corrected chi connectivity index (χ4v) is 5.67. The largest absolute Gasteiger partial charge is 0.494 e. The number of hydrogen-bond acceptors (Lipinski definition) is 8. The third-order valence-electron chi connectivity index (χ3n) is 7.24. The summed E-state index contributed by atoms with van der Waals surface area (Å²) in [5, 5.41) is 7.18. The summed E-state index contributed by atoms with van der Waals surface area (Å²) in [5.74, 6) is -0.509. The van der Waals surface area contributed by atoms with Crippen LogP contribution in [0, 0.1) is 5.92 Å². The Bertz CT molecular complexity index is 1400. The molecule has 11 nitrogen and oxygen atoms in total. The van der Waals surface area contributed by atoms with Crippen molar-refractivity contribution in [2.75, 3.05) is 27.0 Å². The van der Waals surface area contributed by atoms with Crippen LogP contribution in [-0.4, -0.2) is 56.3 Å². The van der Waals surface area contributed by atoms with Crippen molar-refractivity contribution in [3.05, 3.63) is 72.0 Å². The molecule has 1 unspecified atom stereocenters. The molecule has 3 aromatic rings. The first kappa shape index (κ1) is 35.6. The standard InChI is InChI=1S/C33H44N3O8P/c1-5-8-18-43-36(23-37)29(6-2)28(15-14-24-12-10-9-11-13-24)32(38)34-22-35-33(39)31-17-16-30(44-31)25-19-26(42-7-3)21-27(20-25)45(40)41-4/h9-13,16-17,19-21,23,28-29,45H,5-8,14-15,18,22H2,1-4H3,(H,34,38)(H,35,39)/t28-,29-/m1/s1. The number of hydrogen-bond donors (Lipinski definition) is 2. The van der Waals surface area contributed by atoms with E-state index < -0.39 is 25.9 Å². The van der Waals surface area contributed by atoms with Gasteiger partial charge in [0.2, 0.25) is 20.3 Å². The summed E-state index contributed by atoms with van der Waals surface area (Å²) >= 11 is 0. The minimum atomic E-state index is -2.47. The Kier molecular flexibility index (Phi) is 14.8. The molecule has 0 radical (unpaired) electrons. The predicted molar refractivity (Wildman–Crippen MR) is 173 cm³/mol. The summed E-state index contributed by atoms with van der Waals surface area (Å²) in [7, 11) is -1.10. The number of amides is 3. The minimum absolute atomic E-state index is 0.0329. The number of rotatable bonds is 20. The SMILES string of the molecule is CCCCON(C=O)[C@H](CC)[C@@H](CCc1ccccc1)C(=O)NCNC(=O)c1ccc(-c2cc(OCC)cc([PH](=O)OC)c2)o1.